The minimum absolute atomic E-state index is 0.194. The van der Waals surface area contributed by atoms with Crippen LogP contribution in [0.4, 0.5) is 9.18 Å². The molecule has 0 bridgehead atoms. The Bertz CT molecular complexity index is 439. The summed E-state index contributed by atoms with van der Waals surface area (Å²) in [6.07, 6.45) is -0.688. The number of hydrogen-bond donors (Lipinski definition) is 2. The first kappa shape index (κ1) is 15.7. The maximum Gasteiger partial charge on any atom is 0.408 e. The van der Waals surface area contributed by atoms with E-state index in [4.69, 9.17) is 16.3 Å². The molecule has 4 nitrogen and oxygen atoms in total. The molecule has 1 aromatic rings. The number of aliphatic hydroxyl groups is 1. The Morgan fingerprint density at radius 1 is 1.47 bits per heavy atom. The SMILES string of the molecule is CC(C)(C)OC(=O)N[C@@H](CO)c1cc(F)cc(Cl)c1. The van der Waals surface area contributed by atoms with E-state index in [1.807, 2.05) is 0 Å². The van der Waals surface area contributed by atoms with Crippen LogP contribution < -0.4 is 5.32 Å². The van der Waals surface area contributed by atoms with E-state index in [0.29, 0.717) is 5.56 Å². The second kappa shape index (κ2) is 6.21. The number of carbonyl (C=O) groups excluding carboxylic acids is 1. The van der Waals surface area contributed by atoms with Gasteiger partial charge in [-0.15, -0.1) is 0 Å². The van der Waals surface area contributed by atoms with E-state index in [1.54, 1.807) is 20.8 Å². The summed E-state index contributed by atoms with van der Waals surface area (Å²) in [5.41, 5.74) is -0.276. The van der Waals surface area contributed by atoms with E-state index in [9.17, 15) is 14.3 Å². The van der Waals surface area contributed by atoms with Crippen LogP contribution in [0.3, 0.4) is 0 Å². The molecule has 1 atom stereocenters. The number of ether oxygens (including phenoxy) is 1. The quantitative estimate of drug-likeness (QED) is 0.899. The van der Waals surface area contributed by atoms with Crippen LogP contribution >= 0.6 is 11.6 Å². The van der Waals surface area contributed by atoms with Gasteiger partial charge in [-0.25, -0.2) is 9.18 Å². The lowest BCUT2D eigenvalue weighted by Crippen LogP contribution is -2.36. The first-order valence-corrected chi connectivity index (χ1v) is 6.15. The third-order valence-electron chi connectivity index (χ3n) is 2.16. The molecule has 0 saturated carbocycles. The molecule has 1 aromatic carbocycles. The molecule has 0 aliphatic heterocycles. The van der Waals surface area contributed by atoms with Gasteiger partial charge >= 0.3 is 6.09 Å². The number of carbonyl (C=O) groups is 1. The van der Waals surface area contributed by atoms with Gasteiger partial charge < -0.3 is 15.2 Å². The van der Waals surface area contributed by atoms with Crippen molar-refractivity contribution in [1.29, 1.82) is 0 Å². The largest absolute Gasteiger partial charge is 0.444 e. The molecule has 1 rings (SSSR count). The lowest BCUT2D eigenvalue weighted by Gasteiger charge is -2.23. The van der Waals surface area contributed by atoms with E-state index in [-0.39, 0.29) is 11.6 Å². The lowest BCUT2D eigenvalue weighted by atomic mass is 10.1. The fraction of sp³-hybridized carbons (Fsp3) is 0.462. The maximum absolute atomic E-state index is 13.2. The second-order valence-corrected chi connectivity index (χ2v) is 5.52. The Labute approximate surface area is 116 Å². The van der Waals surface area contributed by atoms with Gasteiger partial charge in [0.1, 0.15) is 11.4 Å². The van der Waals surface area contributed by atoms with Crippen molar-refractivity contribution in [3.8, 4) is 0 Å². The van der Waals surface area contributed by atoms with E-state index in [2.05, 4.69) is 5.32 Å². The number of aliphatic hydroxyl groups excluding tert-OH is 1. The second-order valence-electron chi connectivity index (χ2n) is 5.08. The first-order valence-electron chi connectivity index (χ1n) is 5.77. The molecule has 0 aliphatic rings. The molecule has 0 spiro atoms. The Morgan fingerprint density at radius 2 is 2.11 bits per heavy atom. The van der Waals surface area contributed by atoms with E-state index in [1.165, 1.54) is 12.1 Å². The molecule has 0 aliphatic carbocycles. The maximum atomic E-state index is 13.2. The predicted molar refractivity (Wildman–Crippen MR) is 70.6 cm³/mol. The summed E-state index contributed by atoms with van der Waals surface area (Å²) in [5, 5.41) is 11.9. The van der Waals surface area contributed by atoms with Crippen LogP contribution in [0.2, 0.25) is 5.02 Å². The number of nitrogens with one attached hydrogen (secondary N) is 1. The summed E-state index contributed by atoms with van der Waals surface area (Å²) < 4.78 is 18.3. The van der Waals surface area contributed by atoms with Gasteiger partial charge in [0, 0.05) is 5.02 Å². The number of benzene rings is 1. The predicted octanol–water partition coefficient (Wildman–Crippen LogP) is 3.04. The summed E-state index contributed by atoms with van der Waals surface area (Å²) in [4.78, 5) is 11.6. The molecule has 0 unspecified atom stereocenters. The average Bonchev–Trinajstić information content (AvgIpc) is 2.21. The van der Waals surface area contributed by atoms with Crippen LogP contribution in [0.5, 0.6) is 0 Å². The highest BCUT2D eigenvalue weighted by Gasteiger charge is 2.20. The van der Waals surface area contributed by atoms with Crippen molar-refractivity contribution < 1.29 is 19.0 Å². The number of rotatable bonds is 3. The number of halogens is 2. The molecule has 0 saturated heterocycles. The van der Waals surface area contributed by atoms with E-state index >= 15 is 0 Å². The molecule has 19 heavy (non-hydrogen) atoms. The smallest absolute Gasteiger partial charge is 0.408 e. The van der Waals surface area contributed by atoms with Crippen molar-refractivity contribution in [2.75, 3.05) is 6.61 Å². The molecule has 2 N–H and O–H groups in total. The molecule has 1 amide bonds. The summed E-state index contributed by atoms with van der Waals surface area (Å²) in [6.45, 7) is 4.78. The minimum atomic E-state index is -0.775. The Morgan fingerprint density at radius 3 is 2.58 bits per heavy atom. The van der Waals surface area contributed by atoms with Crippen LogP contribution in [-0.2, 0) is 4.74 Å². The van der Waals surface area contributed by atoms with Crippen LogP contribution in [0.1, 0.15) is 32.4 Å². The Kier molecular flexibility index (Phi) is 5.14. The molecule has 0 heterocycles. The highest BCUT2D eigenvalue weighted by atomic mass is 35.5. The zero-order valence-electron chi connectivity index (χ0n) is 11.0. The number of hydrogen-bond acceptors (Lipinski definition) is 3. The molecule has 0 radical (unpaired) electrons. The topological polar surface area (TPSA) is 58.6 Å². The monoisotopic (exact) mass is 289 g/mol. The van der Waals surface area contributed by atoms with Gasteiger partial charge in [-0.1, -0.05) is 11.6 Å². The van der Waals surface area contributed by atoms with Crippen LogP contribution in [0.15, 0.2) is 18.2 Å². The van der Waals surface area contributed by atoms with Gasteiger partial charge in [0.05, 0.1) is 12.6 Å². The van der Waals surface area contributed by atoms with Crippen LogP contribution in [0, 0.1) is 5.82 Å². The van der Waals surface area contributed by atoms with E-state index in [0.717, 1.165) is 6.07 Å². The van der Waals surface area contributed by atoms with E-state index < -0.39 is 23.6 Å². The van der Waals surface area contributed by atoms with Gasteiger partial charge in [-0.3, -0.25) is 0 Å². The van der Waals surface area contributed by atoms with Crippen LogP contribution in [0.25, 0.3) is 0 Å². The van der Waals surface area contributed by atoms with Crippen LogP contribution in [-0.4, -0.2) is 23.4 Å². The number of amides is 1. The van der Waals surface area contributed by atoms with Crippen molar-refractivity contribution >= 4 is 17.7 Å². The van der Waals surface area contributed by atoms with Crippen molar-refractivity contribution in [2.24, 2.45) is 0 Å². The zero-order chi connectivity index (χ0) is 14.6. The fourth-order valence-corrected chi connectivity index (χ4v) is 1.69. The van der Waals surface area contributed by atoms with Gasteiger partial charge in [-0.05, 0) is 44.5 Å². The summed E-state index contributed by atoms with van der Waals surface area (Å²) >= 11 is 5.73. The molecule has 106 valence electrons. The fourth-order valence-electron chi connectivity index (χ4n) is 1.46. The van der Waals surface area contributed by atoms with Crippen molar-refractivity contribution in [3.05, 3.63) is 34.6 Å². The first-order chi connectivity index (χ1) is 8.71. The molecule has 0 aromatic heterocycles. The minimum Gasteiger partial charge on any atom is -0.444 e. The average molecular weight is 290 g/mol. The van der Waals surface area contributed by atoms with Gasteiger partial charge in [0.2, 0.25) is 0 Å². The lowest BCUT2D eigenvalue weighted by molar-refractivity contribution is 0.0481. The molecular formula is C13H17ClFNO3. The Balaban J connectivity index is 2.81. The molecule has 0 fully saturated rings. The normalized spacial score (nSPS) is 12.9. The Hall–Kier alpha value is -1.33. The third-order valence-corrected chi connectivity index (χ3v) is 2.38. The highest BCUT2D eigenvalue weighted by molar-refractivity contribution is 6.30. The highest BCUT2D eigenvalue weighted by Crippen LogP contribution is 2.20. The van der Waals surface area contributed by atoms with Crippen molar-refractivity contribution in [2.45, 2.75) is 32.4 Å². The van der Waals surface area contributed by atoms with Crippen molar-refractivity contribution in [1.82, 2.24) is 5.32 Å². The summed E-state index contributed by atoms with van der Waals surface area (Å²) in [6, 6.07) is 3.04. The molecular weight excluding hydrogens is 273 g/mol. The number of alkyl carbamates (subject to hydrolysis) is 1. The van der Waals surface area contributed by atoms with Gasteiger partial charge in [0.15, 0.2) is 0 Å². The summed E-state index contributed by atoms with van der Waals surface area (Å²) in [7, 11) is 0. The van der Waals surface area contributed by atoms with Gasteiger partial charge in [-0.2, -0.15) is 0 Å². The summed E-state index contributed by atoms with van der Waals surface area (Å²) in [5.74, 6) is -0.535. The molecule has 6 heteroatoms. The third kappa shape index (κ3) is 5.44. The zero-order valence-corrected chi connectivity index (χ0v) is 11.8. The van der Waals surface area contributed by atoms with Crippen molar-refractivity contribution in [3.63, 3.8) is 0 Å². The standard InChI is InChI=1S/C13H17ClFNO3/c1-13(2,3)19-12(18)16-11(7-17)8-4-9(14)6-10(15)5-8/h4-6,11,17H,7H2,1-3H3,(H,16,18)/t11-/m0/s1. The van der Waals surface area contributed by atoms with Gasteiger partial charge in [0.25, 0.3) is 0 Å².